The van der Waals surface area contributed by atoms with Crippen molar-refractivity contribution in [2.24, 2.45) is 11.3 Å². The Morgan fingerprint density at radius 2 is 2.00 bits per heavy atom. The lowest BCUT2D eigenvalue weighted by Crippen LogP contribution is -2.61. The van der Waals surface area contributed by atoms with Gasteiger partial charge in [0.25, 0.3) is 0 Å². The summed E-state index contributed by atoms with van der Waals surface area (Å²) in [7, 11) is 0. The normalized spacial score (nSPS) is 22.2. The first-order valence-corrected chi connectivity index (χ1v) is 5.84. The van der Waals surface area contributed by atoms with Crippen LogP contribution >= 0.6 is 0 Å². The van der Waals surface area contributed by atoms with Gasteiger partial charge in [-0.3, -0.25) is 9.59 Å². The second kappa shape index (κ2) is 4.44. The monoisotopic (exact) mass is 226 g/mol. The van der Waals surface area contributed by atoms with Crippen LogP contribution in [0.15, 0.2) is 0 Å². The van der Waals surface area contributed by atoms with Crippen molar-refractivity contribution in [2.45, 2.75) is 40.7 Å². The molecule has 1 unspecified atom stereocenters. The van der Waals surface area contributed by atoms with Gasteiger partial charge in [0, 0.05) is 18.5 Å². The Labute approximate surface area is 97.4 Å². The van der Waals surface area contributed by atoms with Gasteiger partial charge in [-0.1, -0.05) is 34.6 Å². The summed E-state index contributed by atoms with van der Waals surface area (Å²) in [6, 6.07) is -0.319. The van der Waals surface area contributed by atoms with Gasteiger partial charge in [-0.15, -0.1) is 0 Å². The van der Waals surface area contributed by atoms with Crippen molar-refractivity contribution in [2.75, 3.05) is 13.1 Å². The second-order valence-corrected chi connectivity index (χ2v) is 5.73. The highest BCUT2D eigenvalue weighted by Crippen LogP contribution is 2.23. The van der Waals surface area contributed by atoms with E-state index < -0.39 is 5.41 Å². The summed E-state index contributed by atoms with van der Waals surface area (Å²) in [6.45, 7) is 10.8. The van der Waals surface area contributed by atoms with E-state index in [0.29, 0.717) is 13.1 Å². The molecule has 0 bridgehead atoms. The molecule has 16 heavy (non-hydrogen) atoms. The van der Waals surface area contributed by atoms with Gasteiger partial charge in [0.1, 0.15) is 6.04 Å². The molecule has 1 N–H and O–H groups in total. The summed E-state index contributed by atoms with van der Waals surface area (Å²) in [5.41, 5.74) is -0.426. The van der Waals surface area contributed by atoms with Gasteiger partial charge in [0.05, 0.1) is 0 Å². The van der Waals surface area contributed by atoms with Crippen LogP contribution in [0.25, 0.3) is 0 Å². The first-order valence-electron chi connectivity index (χ1n) is 5.84. The standard InChI is InChI=1S/C12H22N2O2/c1-8(2)9-10(15)13-6-7-14(9)11(16)12(3,4)5/h8-9H,6-7H2,1-5H3,(H,13,15). The molecule has 0 radical (unpaired) electrons. The van der Waals surface area contributed by atoms with Crippen LogP contribution in [0.3, 0.4) is 0 Å². The number of hydrogen-bond donors (Lipinski definition) is 1. The molecule has 1 heterocycles. The fraction of sp³-hybridized carbons (Fsp3) is 0.833. The first kappa shape index (κ1) is 13.0. The quantitative estimate of drug-likeness (QED) is 0.725. The molecule has 1 rings (SSSR count). The summed E-state index contributed by atoms with van der Waals surface area (Å²) in [6.07, 6.45) is 0. The Morgan fingerprint density at radius 1 is 1.44 bits per heavy atom. The first-order chi connectivity index (χ1) is 7.25. The van der Waals surface area contributed by atoms with Crippen molar-refractivity contribution in [3.05, 3.63) is 0 Å². The molecule has 0 aliphatic carbocycles. The molecule has 0 spiro atoms. The molecule has 1 aliphatic heterocycles. The van der Waals surface area contributed by atoms with Crippen LogP contribution in [0.2, 0.25) is 0 Å². The summed E-state index contributed by atoms with van der Waals surface area (Å²) in [4.78, 5) is 25.7. The van der Waals surface area contributed by atoms with E-state index in [-0.39, 0.29) is 23.8 Å². The minimum atomic E-state index is -0.426. The Hall–Kier alpha value is -1.06. The molecule has 0 aromatic rings. The minimum Gasteiger partial charge on any atom is -0.353 e. The van der Waals surface area contributed by atoms with Crippen LogP contribution in [0.4, 0.5) is 0 Å². The van der Waals surface area contributed by atoms with Crippen LogP contribution < -0.4 is 5.32 Å². The van der Waals surface area contributed by atoms with Gasteiger partial charge in [0.2, 0.25) is 11.8 Å². The van der Waals surface area contributed by atoms with Crippen molar-refractivity contribution >= 4 is 11.8 Å². The highest BCUT2D eigenvalue weighted by molar-refractivity contribution is 5.90. The van der Waals surface area contributed by atoms with Crippen molar-refractivity contribution in [1.29, 1.82) is 0 Å². The van der Waals surface area contributed by atoms with E-state index in [0.717, 1.165) is 0 Å². The molecular formula is C12H22N2O2. The third-order valence-electron chi connectivity index (χ3n) is 2.79. The maximum absolute atomic E-state index is 12.2. The van der Waals surface area contributed by atoms with Crippen LogP contribution in [-0.2, 0) is 9.59 Å². The lowest BCUT2D eigenvalue weighted by atomic mass is 9.91. The van der Waals surface area contributed by atoms with E-state index in [1.807, 2.05) is 34.6 Å². The lowest BCUT2D eigenvalue weighted by molar-refractivity contribution is -0.150. The molecule has 4 nitrogen and oxygen atoms in total. The summed E-state index contributed by atoms with van der Waals surface area (Å²) < 4.78 is 0. The molecule has 4 heteroatoms. The Bertz CT molecular complexity index is 292. The van der Waals surface area contributed by atoms with Gasteiger partial charge in [0.15, 0.2) is 0 Å². The average molecular weight is 226 g/mol. The smallest absolute Gasteiger partial charge is 0.243 e. The molecule has 0 aromatic carbocycles. The Balaban J connectivity index is 2.92. The van der Waals surface area contributed by atoms with Gasteiger partial charge in [-0.05, 0) is 5.92 Å². The number of amides is 2. The number of carbonyl (C=O) groups is 2. The van der Waals surface area contributed by atoms with Gasteiger partial charge < -0.3 is 10.2 Å². The van der Waals surface area contributed by atoms with Gasteiger partial charge >= 0.3 is 0 Å². The minimum absolute atomic E-state index is 0.0288. The molecule has 0 saturated carbocycles. The number of hydrogen-bond acceptors (Lipinski definition) is 2. The summed E-state index contributed by atoms with van der Waals surface area (Å²) >= 11 is 0. The molecule has 0 aromatic heterocycles. The molecule has 1 fully saturated rings. The zero-order valence-electron chi connectivity index (χ0n) is 10.8. The van der Waals surface area contributed by atoms with Crippen LogP contribution in [0.5, 0.6) is 0 Å². The average Bonchev–Trinajstić information content (AvgIpc) is 2.14. The fourth-order valence-electron chi connectivity index (χ4n) is 2.01. The molecule has 92 valence electrons. The highest BCUT2D eigenvalue weighted by atomic mass is 16.2. The van der Waals surface area contributed by atoms with E-state index >= 15 is 0 Å². The predicted octanol–water partition coefficient (Wildman–Crippen LogP) is 1.02. The SMILES string of the molecule is CC(C)C1C(=O)NCCN1C(=O)C(C)(C)C. The summed E-state index contributed by atoms with van der Waals surface area (Å²) in [5.74, 6) is 0.173. The predicted molar refractivity (Wildman–Crippen MR) is 62.8 cm³/mol. The van der Waals surface area contributed by atoms with Crippen molar-refractivity contribution < 1.29 is 9.59 Å². The third-order valence-corrected chi connectivity index (χ3v) is 2.79. The highest BCUT2D eigenvalue weighted by Gasteiger charge is 2.38. The van der Waals surface area contributed by atoms with Crippen LogP contribution in [-0.4, -0.2) is 35.8 Å². The third kappa shape index (κ3) is 2.54. The largest absolute Gasteiger partial charge is 0.353 e. The molecule has 1 atom stereocenters. The molecule has 1 saturated heterocycles. The number of nitrogens with one attached hydrogen (secondary N) is 1. The molecular weight excluding hydrogens is 204 g/mol. The van der Waals surface area contributed by atoms with Gasteiger partial charge in [-0.25, -0.2) is 0 Å². The number of nitrogens with zero attached hydrogens (tertiary/aromatic N) is 1. The van der Waals surface area contributed by atoms with Crippen molar-refractivity contribution in [3.63, 3.8) is 0 Å². The zero-order chi connectivity index (χ0) is 12.5. The maximum atomic E-state index is 12.2. The fourth-order valence-corrected chi connectivity index (χ4v) is 2.01. The molecule has 1 aliphatic rings. The second-order valence-electron chi connectivity index (χ2n) is 5.73. The van der Waals surface area contributed by atoms with E-state index in [9.17, 15) is 9.59 Å². The zero-order valence-corrected chi connectivity index (χ0v) is 10.8. The lowest BCUT2D eigenvalue weighted by Gasteiger charge is -2.40. The number of piperazine rings is 1. The molecule has 2 amide bonds. The van der Waals surface area contributed by atoms with Gasteiger partial charge in [-0.2, -0.15) is 0 Å². The van der Waals surface area contributed by atoms with Crippen molar-refractivity contribution in [3.8, 4) is 0 Å². The van der Waals surface area contributed by atoms with Crippen molar-refractivity contribution in [1.82, 2.24) is 10.2 Å². The van der Waals surface area contributed by atoms with E-state index in [1.54, 1.807) is 4.90 Å². The van der Waals surface area contributed by atoms with Crippen LogP contribution in [0, 0.1) is 11.3 Å². The van der Waals surface area contributed by atoms with E-state index in [2.05, 4.69) is 5.32 Å². The van der Waals surface area contributed by atoms with Crippen LogP contribution in [0.1, 0.15) is 34.6 Å². The number of rotatable bonds is 1. The number of carbonyl (C=O) groups excluding carboxylic acids is 2. The van der Waals surface area contributed by atoms with E-state index in [1.165, 1.54) is 0 Å². The summed E-state index contributed by atoms with van der Waals surface area (Å²) in [5, 5.41) is 2.82. The maximum Gasteiger partial charge on any atom is 0.243 e. The topological polar surface area (TPSA) is 49.4 Å². The Kier molecular flexibility index (Phi) is 3.61. The van der Waals surface area contributed by atoms with E-state index in [4.69, 9.17) is 0 Å². The Morgan fingerprint density at radius 3 is 2.44 bits per heavy atom.